The van der Waals surface area contributed by atoms with E-state index in [0.29, 0.717) is 6.42 Å². The summed E-state index contributed by atoms with van der Waals surface area (Å²) in [4.78, 5) is 15.9. The monoisotopic (exact) mass is 228 g/mol. The first-order chi connectivity index (χ1) is 7.25. The van der Waals surface area contributed by atoms with Crippen LogP contribution in [0.5, 0.6) is 0 Å². The van der Waals surface area contributed by atoms with E-state index < -0.39 is 0 Å². The highest BCUT2D eigenvalue weighted by molar-refractivity contribution is 7.81. The lowest BCUT2D eigenvalue weighted by Gasteiger charge is -2.19. The summed E-state index contributed by atoms with van der Waals surface area (Å²) in [5.41, 5.74) is 0. The van der Waals surface area contributed by atoms with Gasteiger partial charge in [-0.05, 0) is 38.9 Å². The summed E-state index contributed by atoms with van der Waals surface area (Å²) < 4.78 is 0. The van der Waals surface area contributed by atoms with Crippen LogP contribution in [0.2, 0.25) is 0 Å². The minimum absolute atomic E-state index is 0.268. The van der Waals surface area contributed by atoms with Crippen LogP contribution in [-0.4, -0.2) is 53.7 Å². The smallest absolute Gasteiger partial charge is 0.223 e. The van der Waals surface area contributed by atoms with E-state index in [1.807, 2.05) is 4.90 Å². The van der Waals surface area contributed by atoms with Crippen LogP contribution in [0.3, 0.4) is 0 Å². The van der Waals surface area contributed by atoms with E-state index in [0.717, 1.165) is 26.1 Å². The molecular weight excluding hydrogens is 208 g/mol. The third-order valence-electron chi connectivity index (χ3n) is 3.30. The maximum Gasteiger partial charge on any atom is 0.223 e. The fourth-order valence-corrected chi connectivity index (χ4v) is 2.81. The van der Waals surface area contributed by atoms with Crippen molar-refractivity contribution >= 4 is 18.5 Å². The van der Waals surface area contributed by atoms with Crippen molar-refractivity contribution in [2.75, 3.05) is 32.7 Å². The molecule has 86 valence electrons. The number of rotatable bonds is 4. The van der Waals surface area contributed by atoms with Gasteiger partial charge in [0.05, 0.1) is 0 Å². The van der Waals surface area contributed by atoms with Gasteiger partial charge in [0.2, 0.25) is 5.91 Å². The molecule has 1 amide bonds. The molecule has 0 aromatic rings. The van der Waals surface area contributed by atoms with Gasteiger partial charge in [-0.15, -0.1) is 0 Å². The highest BCUT2D eigenvalue weighted by atomic mass is 32.1. The molecule has 3 nitrogen and oxygen atoms in total. The van der Waals surface area contributed by atoms with Gasteiger partial charge in [-0.3, -0.25) is 4.79 Å². The van der Waals surface area contributed by atoms with Crippen LogP contribution in [0, 0.1) is 0 Å². The molecule has 2 fully saturated rings. The van der Waals surface area contributed by atoms with Gasteiger partial charge in [-0.2, -0.15) is 12.6 Å². The van der Waals surface area contributed by atoms with Gasteiger partial charge in [-0.1, -0.05) is 0 Å². The SMILES string of the molecule is O=C1CC(S)CN1CCCN1CCCC1. The largest absolute Gasteiger partial charge is 0.342 e. The van der Waals surface area contributed by atoms with Crippen LogP contribution in [0.1, 0.15) is 25.7 Å². The number of likely N-dealkylation sites (tertiary alicyclic amines) is 2. The van der Waals surface area contributed by atoms with Crippen LogP contribution in [-0.2, 0) is 4.79 Å². The molecule has 2 saturated heterocycles. The first-order valence-corrected chi connectivity index (χ1v) is 6.45. The lowest BCUT2D eigenvalue weighted by molar-refractivity contribution is -0.127. The summed E-state index contributed by atoms with van der Waals surface area (Å²) in [6, 6.07) is 0. The molecule has 0 saturated carbocycles. The highest BCUT2D eigenvalue weighted by Crippen LogP contribution is 2.16. The minimum atomic E-state index is 0.268. The summed E-state index contributed by atoms with van der Waals surface area (Å²) in [7, 11) is 0. The van der Waals surface area contributed by atoms with Crippen molar-refractivity contribution in [1.82, 2.24) is 9.80 Å². The molecule has 0 bridgehead atoms. The standard InChI is InChI=1S/C11H20N2OS/c14-11-8-10(15)9-13(11)7-3-6-12-4-1-2-5-12/h10,15H,1-9H2. The second kappa shape index (κ2) is 5.21. The van der Waals surface area contributed by atoms with Crippen LogP contribution in [0.25, 0.3) is 0 Å². The van der Waals surface area contributed by atoms with E-state index in [2.05, 4.69) is 17.5 Å². The molecule has 2 aliphatic rings. The van der Waals surface area contributed by atoms with Crippen LogP contribution >= 0.6 is 12.6 Å². The van der Waals surface area contributed by atoms with Crippen molar-refractivity contribution in [3.05, 3.63) is 0 Å². The molecule has 0 radical (unpaired) electrons. The van der Waals surface area contributed by atoms with E-state index in [4.69, 9.17) is 0 Å². The van der Waals surface area contributed by atoms with Gasteiger partial charge in [0.25, 0.3) is 0 Å². The minimum Gasteiger partial charge on any atom is -0.342 e. The second-order valence-electron chi connectivity index (χ2n) is 4.60. The van der Waals surface area contributed by atoms with Crippen LogP contribution in [0.15, 0.2) is 0 Å². The lowest BCUT2D eigenvalue weighted by Crippen LogP contribution is -2.30. The summed E-state index contributed by atoms with van der Waals surface area (Å²) >= 11 is 4.35. The Kier molecular flexibility index (Phi) is 3.92. The van der Waals surface area contributed by atoms with E-state index in [1.165, 1.54) is 25.9 Å². The Bertz CT molecular complexity index is 229. The van der Waals surface area contributed by atoms with Gasteiger partial charge in [0.1, 0.15) is 0 Å². The molecule has 0 aliphatic carbocycles. The Morgan fingerprint density at radius 1 is 1.27 bits per heavy atom. The average Bonchev–Trinajstić information content (AvgIpc) is 2.77. The van der Waals surface area contributed by atoms with Gasteiger partial charge in [0.15, 0.2) is 0 Å². The van der Waals surface area contributed by atoms with Gasteiger partial charge >= 0.3 is 0 Å². The maximum atomic E-state index is 11.5. The zero-order valence-electron chi connectivity index (χ0n) is 9.19. The predicted octanol–water partition coefficient (Wildman–Crippen LogP) is 1.00. The average molecular weight is 228 g/mol. The molecule has 0 N–H and O–H groups in total. The van der Waals surface area contributed by atoms with E-state index in [-0.39, 0.29) is 11.2 Å². The van der Waals surface area contributed by atoms with Crippen molar-refractivity contribution in [2.45, 2.75) is 30.9 Å². The van der Waals surface area contributed by atoms with Gasteiger partial charge in [0, 0.05) is 24.8 Å². The molecule has 0 aromatic carbocycles. The normalized spacial score (nSPS) is 27.9. The third kappa shape index (κ3) is 3.11. The van der Waals surface area contributed by atoms with Crippen molar-refractivity contribution in [3.8, 4) is 0 Å². The van der Waals surface area contributed by atoms with Crippen molar-refractivity contribution in [2.24, 2.45) is 0 Å². The molecule has 15 heavy (non-hydrogen) atoms. The first-order valence-electron chi connectivity index (χ1n) is 5.94. The molecular formula is C11H20N2OS. The number of nitrogens with zero attached hydrogens (tertiary/aromatic N) is 2. The molecule has 1 unspecified atom stereocenters. The Labute approximate surface area is 97.2 Å². The first kappa shape index (κ1) is 11.3. The number of amides is 1. The van der Waals surface area contributed by atoms with E-state index in [9.17, 15) is 4.79 Å². The Balaban J connectivity index is 1.63. The molecule has 0 spiro atoms. The zero-order valence-corrected chi connectivity index (χ0v) is 10.1. The topological polar surface area (TPSA) is 23.6 Å². The Morgan fingerprint density at radius 2 is 2.00 bits per heavy atom. The quantitative estimate of drug-likeness (QED) is 0.726. The molecule has 0 aromatic heterocycles. The number of carbonyl (C=O) groups excluding carboxylic acids is 1. The molecule has 2 aliphatic heterocycles. The predicted molar refractivity (Wildman–Crippen MR) is 64.3 cm³/mol. The van der Waals surface area contributed by atoms with Crippen LogP contribution in [0.4, 0.5) is 0 Å². The van der Waals surface area contributed by atoms with E-state index in [1.54, 1.807) is 0 Å². The third-order valence-corrected chi connectivity index (χ3v) is 3.64. The summed E-state index contributed by atoms with van der Waals surface area (Å²) in [6.07, 6.45) is 4.45. The summed E-state index contributed by atoms with van der Waals surface area (Å²) in [5.74, 6) is 0.288. The Morgan fingerprint density at radius 3 is 2.60 bits per heavy atom. The summed E-state index contributed by atoms with van der Waals surface area (Å²) in [6.45, 7) is 5.43. The maximum absolute atomic E-state index is 11.5. The number of thiol groups is 1. The number of hydrogen-bond acceptors (Lipinski definition) is 3. The molecule has 4 heteroatoms. The summed E-state index contributed by atoms with van der Waals surface area (Å²) in [5, 5.41) is 0.268. The molecule has 2 heterocycles. The molecule has 2 rings (SSSR count). The molecule has 1 atom stereocenters. The van der Waals surface area contributed by atoms with Crippen LogP contribution < -0.4 is 0 Å². The van der Waals surface area contributed by atoms with E-state index >= 15 is 0 Å². The lowest BCUT2D eigenvalue weighted by atomic mass is 10.3. The number of carbonyl (C=O) groups is 1. The second-order valence-corrected chi connectivity index (χ2v) is 5.33. The fourth-order valence-electron chi connectivity index (χ4n) is 2.46. The van der Waals surface area contributed by atoms with Crippen molar-refractivity contribution in [1.29, 1.82) is 0 Å². The zero-order chi connectivity index (χ0) is 10.7. The van der Waals surface area contributed by atoms with Crippen molar-refractivity contribution in [3.63, 3.8) is 0 Å². The van der Waals surface area contributed by atoms with Crippen molar-refractivity contribution < 1.29 is 4.79 Å². The Hall–Kier alpha value is -0.220. The van der Waals surface area contributed by atoms with Gasteiger partial charge in [-0.25, -0.2) is 0 Å². The number of hydrogen-bond donors (Lipinski definition) is 1. The fraction of sp³-hybridized carbons (Fsp3) is 0.909. The van der Waals surface area contributed by atoms with Gasteiger partial charge < -0.3 is 9.80 Å². The highest BCUT2D eigenvalue weighted by Gasteiger charge is 2.26.